The van der Waals surface area contributed by atoms with Gasteiger partial charge >= 0.3 is 0 Å². The lowest BCUT2D eigenvalue weighted by atomic mass is 9.83. The summed E-state index contributed by atoms with van der Waals surface area (Å²) in [5.74, 6) is 0.691. The van der Waals surface area contributed by atoms with E-state index in [-0.39, 0.29) is 0 Å². The lowest BCUT2D eigenvalue weighted by Gasteiger charge is -2.39. The Morgan fingerprint density at radius 1 is 1.39 bits per heavy atom. The van der Waals surface area contributed by atoms with Crippen LogP contribution in [0.5, 0.6) is 0 Å². The van der Waals surface area contributed by atoms with Crippen LogP contribution in [0.4, 0.5) is 0 Å². The molecule has 1 aromatic rings. The molecule has 4 nitrogen and oxygen atoms in total. The number of aromatic nitrogens is 2. The number of hydrogen-bond donors (Lipinski definition) is 1. The molecule has 0 aliphatic heterocycles. The van der Waals surface area contributed by atoms with Crippen LogP contribution in [0, 0.1) is 5.92 Å². The lowest BCUT2D eigenvalue weighted by molar-refractivity contribution is 0.107. The van der Waals surface area contributed by atoms with Gasteiger partial charge in [0, 0.05) is 25.0 Å². The normalized spacial score (nSPS) is 24.6. The fraction of sp³-hybridized carbons (Fsp3) is 0.786. The van der Waals surface area contributed by atoms with Crippen molar-refractivity contribution >= 4 is 0 Å². The zero-order valence-corrected chi connectivity index (χ0v) is 11.5. The minimum atomic E-state index is 0.685. The third-order valence-corrected chi connectivity index (χ3v) is 4.22. The maximum atomic E-state index is 5.93. The third kappa shape index (κ3) is 3.33. The second kappa shape index (κ2) is 6.90. The molecular weight excluding hydrogens is 224 g/mol. The molecule has 2 rings (SSSR count). The van der Waals surface area contributed by atoms with Gasteiger partial charge in [0.15, 0.2) is 0 Å². The van der Waals surface area contributed by atoms with Crippen molar-refractivity contribution in [2.75, 3.05) is 19.6 Å². The van der Waals surface area contributed by atoms with E-state index in [9.17, 15) is 0 Å². The number of hydrogen-bond acceptors (Lipinski definition) is 3. The minimum absolute atomic E-state index is 0.685. The Morgan fingerprint density at radius 2 is 2.22 bits per heavy atom. The first-order valence-corrected chi connectivity index (χ1v) is 7.26. The third-order valence-electron chi connectivity index (χ3n) is 4.22. The van der Waals surface area contributed by atoms with Gasteiger partial charge in [-0.3, -0.25) is 9.58 Å². The van der Waals surface area contributed by atoms with Gasteiger partial charge in [0.25, 0.3) is 0 Å². The Morgan fingerprint density at radius 3 is 2.89 bits per heavy atom. The number of likely N-dealkylation sites (N-methyl/N-ethyl adjacent to an activating group) is 1. The summed E-state index contributed by atoms with van der Waals surface area (Å²) in [4.78, 5) is 2.60. The van der Waals surface area contributed by atoms with E-state index in [4.69, 9.17) is 5.73 Å². The fourth-order valence-electron chi connectivity index (χ4n) is 3.17. The van der Waals surface area contributed by atoms with Crippen LogP contribution in [-0.4, -0.2) is 40.4 Å². The smallest absolute Gasteiger partial charge is 0.0536 e. The molecule has 0 radical (unpaired) electrons. The summed E-state index contributed by atoms with van der Waals surface area (Å²) >= 11 is 0. The summed E-state index contributed by atoms with van der Waals surface area (Å²) in [5, 5.41) is 4.27. The molecule has 4 heteroatoms. The molecule has 2 unspecified atom stereocenters. The monoisotopic (exact) mass is 250 g/mol. The van der Waals surface area contributed by atoms with Crippen molar-refractivity contribution in [1.29, 1.82) is 0 Å². The van der Waals surface area contributed by atoms with Crippen LogP contribution in [0.1, 0.15) is 32.6 Å². The van der Waals surface area contributed by atoms with E-state index in [1.165, 1.54) is 25.7 Å². The van der Waals surface area contributed by atoms with Gasteiger partial charge < -0.3 is 5.73 Å². The molecule has 0 amide bonds. The van der Waals surface area contributed by atoms with Crippen LogP contribution in [0.25, 0.3) is 0 Å². The lowest BCUT2D eigenvalue weighted by Crippen LogP contribution is -2.46. The molecule has 1 aromatic heterocycles. The topological polar surface area (TPSA) is 47.1 Å². The summed E-state index contributed by atoms with van der Waals surface area (Å²) in [6.45, 7) is 6.27. The molecule has 102 valence electrons. The van der Waals surface area contributed by atoms with E-state index in [1.807, 2.05) is 23.1 Å². The predicted octanol–water partition coefficient (Wildman–Crippen LogP) is 1.72. The molecule has 1 fully saturated rings. The van der Waals surface area contributed by atoms with Gasteiger partial charge in [0.2, 0.25) is 0 Å². The molecule has 1 saturated carbocycles. The maximum Gasteiger partial charge on any atom is 0.0536 e. The second-order valence-corrected chi connectivity index (χ2v) is 5.25. The second-order valence-electron chi connectivity index (χ2n) is 5.25. The van der Waals surface area contributed by atoms with Crippen molar-refractivity contribution in [2.24, 2.45) is 11.7 Å². The van der Waals surface area contributed by atoms with E-state index in [1.54, 1.807) is 0 Å². The highest BCUT2D eigenvalue weighted by Gasteiger charge is 2.28. The average molecular weight is 250 g/mol. The van der Waals surface area contributed by atoms with Gasteiger partial charge in [-0.2, -0.15) is 5.10 Å². The Labute approximate surface area is 110 Å². The summed E-state index contributed by atoms with van der Waals surface area (Å²) in [5.41, 5.74) is 5.93. The van der Waals surface area contributed by atoms with E-state index < -0.39 is 0 Å². The van der Waals surface area contributed by atoms with Gasteiger partial charge in [-0.05, 0) is 37.9 Å². The SMILES string of the molecule is CCN(CCn1cccn1)C1CCCCC1CN. The summed E-state index contributed by atoms with van der Waals surface area (Å²) in [7, 11) is 0. The molecule has 1 heterocycles. The fourth-order valence-corrected chi connectivity index (χ4v) is 3.17. The first kappa shape index (κ1) is 13.6. The Bertz CT molecular complexity index is 323. The number of nitrogens with zero attached hydrogens (tertiary/aromatic N) is 3. The van der Waals surface area contributed by atoms with Crippen molar-refractivity contribution in [2.45, 2.75) is 45.2 Å². The van der Waals surface area contributed by atoms with Gasteiger partial charge in [0.1, 0.15) is 0 Å². The first-order valence-electron chi connectivity index (χ1n) is 7.26. The van der Waals surface area contributed by atoms with Crippen LogP contribution >= 0.6 is 0 Å². The van der Waals surface area contributed by atoms with Crippen molar-refractivity contribution in [1.82, 2.24) is 14.7 Å². The number of nitrogens with two attached hydrogens (primary N) is 1. The van der Waals surface area contributed by atoms with E-state index >= 15 is 0 Å². The zero-order valence-electron chi connectivity index (χ0n) is 11.5. The number of rotatable bonds is 6. The molecular formula is C14H26N4. The van der Waals surface area contributed by atoms with E-state index in [0.29, 0.717) is 12.0 Å². The van der Waals surface area contributed by atoms with Gasteiger partial charge in [-0.25, -0.2) is 0 Å². The van der Waals surface area contributed by atoms with Gasteiger partial charge in [-0.1, -0.05) is 19.8 Å². The predicted molar refractivity (Wildman–Crippen MR) is 74.3 cm³/mol. The van der Waals surface area contributed by atoms with Crippen molar-refractivity contribution in [3.63, 3.8) is 0 Å². The van der Waals surface area contributed by atoms with E-state index in [0.717, 1.165) is 26.2 Å². The molecule has 0 bridgehead atoms. The van der Waals surface area contributed by atoms with Crippen molar-refractivity contribution in [3.8, 4) is 0 Å². The molecule has 1 aliphatic carbocycles. The van der Waals surface area contributed by atoms with Gasteiger partial charge in [-0.15, -0.1) is 0 Å². The molecule has 0 aromatic carbocycles. The minimum Gasteiger partial charge on any atom is -0.330 e. The Balaban J connectivity index is 1.89. The van der Waals surface area contributed by atoms with Crippen molar-refractivity contribution in [3.05, 3.63) is 18.5 Å². The van der Waals surface area contributed by atoms with Crippen LogP contribution in [-0.2, 0) is 6.54 Å². The molecule has 18 heavy (non-hydrogen) atoms. The first-order chi connectivity index (χ1) is 8.85. The summed E-state index contributed by atoms with van der Waals surface area (Å²) in [6.07, 6.45) is 9.22. The highest BCUT2D eigenvalue weighted by Crippen LogP contribution is 2.27. The molecule has 2 N–H and O–H groups in total. The molecule has 0 spiro atoms. The molecule has 2 atom stereocenters. The quantitative estimate of drug-likeness (QED) is 0.836. The Hall–Kier alpha value is -0.870. The average Bonchev–Trinajstić information content (AvgIpc) is 2.93. The summed E-state index contributed by atoms with van der Waals surface area (Å²) in [6, 6.07) is 2.67. The maximum absolute atomic E-state index is 5.93. The Kier molecular flexibility index (Phi) is 5.20. The summed E-state index contributed by atoms with van der Waals surface area (Å²) < 4.78 is 2.02. The molecule has 1 aliphatic rings. The highest BCUT2D eigenvalue weighted by atomic mass is 15.3. The largest absolute Gasteiger partial charge is 0.330 e. The standard InChI is InChI=1S/C14H26N4/c1-2-17(10-11-18-9-5-8-16-18)14-7-4-3-6-13(14)12-15/h5,8-9,13-14H,2-4,6-7,10-12,15H2,1H3. The van der Waals surface area contributed by atoms with Crippen LogP contribution in [0.2, 0.25) is 0 Å². The molecule has 0 saturated heterocycles. The van der Waals surface area contributed by atoms with Crippen molar-refractivity contribution < 1.29 is 0 Å². The van der Waals surface area contributed by atoms with Crippen LogP contribution in [0.3, 0.4) is 0 Å². The van der Waals surface area contributed by atoms with Crippen LogP contribution < -0.4 is 5.73 Å². The highest BCUT2D eigenvalue weighted by molar-refractivity contribution is 4.84. The van der Waals surface area contributed by atoms with Gasteiger partial charge in [0.05, 0.1) is 6.54 Å². The van der Waals surface area contributed by atoms with Crippen LogP contribution in [0.15, 0.2) is 18.5 Å². The van der Waals surface area contributed by atoms with E-state index in [2.05, 4.69) is 16.9 Å². The zero-order chi connectivity index (χ0) is 12.8.